The highest BCUT2D eigenvalue weighted by atomic mass is 32.1. The van der Waals surface area contributed by atoms with Crippen molar-refractivity contribution in [1.82, 2.24) is 4.98 Å². The van der Waals surface area contributed by atoms with Crippen LogP contribution >= 0.6 is 11.3 Å². The lowest BCUT2D eigenvalue weighted by molar-refractivity contribution is 0.246. The zero-order valence-corrected chi connectivity index (χ0v) is 20.8. The van der Waals surface area contributed by atoms with Crippen LogP contribution in [0.1, 0.15) is 63.0 Å². The van der Waals surface area contributed by atoms with E-state index in [2.05, 4.69) is 30.1 Å². The summed E-state index contributed by atoms with van der Waals surface area (Å²) in [5.41, 5.74) is 3.52. The molecular formula is C28H35NO4S. The van der Waals surface area contributed by atoms with Crippen LogP contribution in [0.4, 0.5) is 0 Å². The van der Waals surface area contributed by atoms with Gasteiger partial charge < -0.3 is 14.6 Å². The van der Waals surface area contributed by atoms with Crippen molar-refractivity contribution in [2.45, 2.75) is 64.7 Å². The van der Waals surface area contributed by atoms with Gasteiger partial charge in [-0.1, -0.05) is 81.1 Å². The second kappa shape index (κ2) is 12.1. The highest BCUT2D eigenvalue weighted by Crippen LogP contribution is 2.32. The fourth-order valence-electron chi connectivity index (χ4n) is 4.76. The topological polar surface area (TPSA) is 71.5 Å². The molecule has 2 N–H and O–H groups in total. The van der Waals surface area contributed by atoms with Gasteiger partial charge in [-0.15, -0.1) is 0 Å². The third kappa shape index (κ3) is 6.66. The molecule has 5 nitrogen and oxygen atoms in total. The van der Waals surface area contributed by atoms with Gasteiger partial charge in [0.25, 0.3) is 0 Å². The number of hydrogen-bond donors (Lipinski definition) is 2. The quantitative estimate of drug-likeness (QED) is 0.298. The average Bonchev–Trinajstić information content (AvgIpc) is 3.19. The molecule has 182 valence electrons. The summed E-state index contributed by atoms with van der Waals surface area (Å²) in [4.78, 5) is 14.1. The summed E-state index contributed by atoms with van der Waals surface area (Å²) in [5, 5.41) is 9.89. The fourth-order valence-corrected chi connectivity index (χ4v) is 5.49. The first-order chi connectivity index (χ1) is 16.6. The molecule has 0 bridgehead atoms. The van der Waals surface area contributed by atoms with Crippen molar-refractivity contribution < 1.29 is 14.6 Å². The molecule has 2 aromatic carbocycles. The number of ether oxygens (including phenoxy) is 2. The molecule has 34 heavy (non-hydrogen) atoms. The minimum Gasteiger partial charge on any atom is -0.493 e. The molecule has 0 saturated heterocycles. The van der Waals surface area contributed by atoms with Crippen LogP contribution in [0, 0.1) is 5.92 Å². The van der Waals surface area contributed by atoms with E-state index in [9.17, 15) is 9.90 Å². The Morgan fingerprint density at radius 1 is 1.06 bits per heavy atom. The van der Waals surface area contributed by atoms with Gasteiger partial charge in [0.05, 0.1) is 18.1 Å². The molecule has 0 unspecified atom stereocenters. The smallest absolute Gasteiger partial charge is 0.307 e. The molecule has 4 rings (SSSR count). The van der Waals surface area contributed by atoms with Crippen LogP contribution in [0.15, 0.2) is 47.3 Å². The number of benzene rings is 2. The average molecular weight is 482 g/mol. The number of nitrogens with one attached hydrogen (secondary N) is 1. The molecule has 1 aliphatic rings. The van der Waals surface area contributed by atoms with E-state index in [1.165, 1.54) is 49.7 Å². The molecule has 1 fully saturated rings. The van der Waals surface area contributed by atoms with Gasteiger partial charge >= 0.3 is 4.87 Å². The van der Waals surface area contributed by atoms with Gasteiger partial charge in [-0.2, -0.15) is 0 Å². The Hall–Kier alpha value is -2.73. The van der Waals surface area contributed by atoms with Crippen LogP contribution in [0.3, 0.4) is 0 Å². The van der Waals surface area contributed by atoms with E-state index in [1.54, 1.807) is 0 Å². The lowest BCUT2D eigenvalue weighted by Crippen LogP contribution is -2.10. The number of hydrogen-bond acceptors (Lipinski definition) is 5. The van der Waals surface area contributed by atoms with Crippen molar-refractivity contribution in [2.24, 2.45) is 5.92 Å². The van der Waals surface area contributed by atoms with E-state index >= 15 is 0 Å². The maximum absolute atomic E-state index is 11.5. The van der Waals surface area contributed by atoms with Gasteiger partial charge in [-0.3, -0.25) is 9.78 Å². The van der Waals surface area contributed by atoms with E-state index in [0.717, 1.165) is 47.8 Å². The Kier molecular flexibility index (Phi) is 8.69. The molecule has 0 spiro atoms. The molecule has 1 saturated carbocycles. The summed E-state index contributed by atoms with van der Waals surface area (Å²) in [7, 11) is 0. The molecule has 1 heterocycles. The summed E-state index contributed by atoms with van der Waals surface area (Å²) in [6.07, 6.45) is 11.0. The van der Waals surface area contributed by atoms with Crippen molar-refractivity contribution in [3.63, 3.8) is 0 Å². The summed E-state index contributed by atoms with van der Waals surface area (Å²) < 4.78 is 12.0. The summed E-state index contributed by atoms with van der Waals surface area (Å²) in [5.74, 6) is 2.44. The van der Waals surface area contributed by atoms with Crippen molar-refractivity contribution >= 4 is 11.3 Å². The molecule has 0 radical (unpaired) electrons. The Morgan fingerprint density at radius 3 is 2.65 bits per heavy atom. The van der Waals surface area contributed by atoms with Gasteiger partial charge in [-0.25, -0.2) is 0 Å². The first kappa shape index (κ1) is 24.4. The van der Waals surface area contributed by atoms with E-state index in [1.807, 2.05) is 24.3 Å². The minimum absolute atomic E-state index is 0.104. The lowest BCUT2D eigenvalue weighted by Gasteiger charge is -2.22. The van der Waals surface area contributed by atoms with E-state index in [-0.39, 0.29) is 10.8 Å². The van der Waals surface area contributed by atoms with Gasteiger partial charge in [0.2, 0.25) is 5.88 Å². The summed E-state index contributed by atoms with van der Waals surface area (Å²) in [6, 6.07) is 14.2. The van der Waals surface area contributed by atoms with Crippen molar-refractivity contribution in [2.75, 3.05) is 13.2 Å². The fraction of sp³-hybridized carbons (Fsp3) is 0.464. The Balaban J connectivity index is 1.27. The van der Waals surface area contributed by atoms with E-state index in [0.29, 0.717) is 23.8 Å². The van der Waals surface area contributed by atoms with Crippen LogP contribution in [-0.4, -0.2) is 23.3 Å². The number of aryl methyl sites for hydroxylation is 1. The number of rotatable bonds is 11. The summed E-state index contributed by atoms with van der Waals surface area (Å²) >= 11 is 0.985. The van der Waals surface area contributed by atoms with Crippen LogP contribution < -0.4 is 14.3 Å². The Morgan fingerprint density at radius 2 is 1.88 bits per heavy atom. The molecule has 1 aromatic heterocycles. The van der Waals surface area contributed by atoms with Crippen LogP contribution in [0.25, 0.3) is 10.4 Å². The molecule has 0 aliphatic heterocycles. The number of aromatic nitrogens is 1. The number of aromatic hydroxyl groups is 1. The maximum Gasteiger partial charge on any atom is 0.307 e. The third-order valence-corrected chi connectivity index (χ3v) is 7.36. The molecule has 3 aromatic rings. The molecule has 0 amide bonds. The van der Waals surface area contributed by atoms with Crippen molar-refractivity contribution in [1.29, 1.82) is 0 Å². The van der Waals surface area contributed by atoms with Crippen LogP contribution in [0.5, 0.6) is 17.4 Å². The predicted molar refractivity (Wildman–Crippen MR) is 138 cm³/mol. The standard InChI is InChI=1S/C28H35NO4S/c1-2-8-22-18-21(17-20-9-4-3-5-10-20)13-14-25(22)33-16-7-15-32-24-12-6-11-23(19-24)26-27(30)29-28(31)34-26/h6,11-14,18-20,30H,2-5,7-10,15-17H2,1H3,(H,29,31). The normalized spacial score (nSPS) is 14.3. The predicted octanol–water partition coefficient (Wildman–Crippen LogP) is 6.73. The van der Waals surface area contributed by atoms with Gasteiger partial charge in [0, 0.05) is 12.0 Å². The first-order valence-corrected chi connectivity index (χ1v) is 13.3. The Labute approximate surface area is 205 Å². The highest BCUT2D eigenvalue weighted by molar-refractivity contribution is 7.13. The van der Waals surface area contributed by atoms with Gasteiger partial charge in [-0.05, 0) is 48.1 Å². The van der Waals surface area contributed by atoms with Gasteiger partial charge in [0.15, 0.2) is 0 Å². The van der Waals surface area contributed by atoms with E-state index < -0.39 is 0 Å². The lowest BCUT2D eigenvalue weighted by atomic mass is 9.84. The maximum atomic E-state index is 11.5. The number of thiazole rings is 1. The number of aromatic amines is 1. The number of H-pyrrole nitrogens is 1. The minimum atomic E-state index is -0.277. The zero-order chi connectivity index (χ0) is 23.8. The van der Waals surface area contributed by atoms with Crippen LogP contribution in [0.2, 0.25) is 0 Å². The van der Waals surface area contributed by atoms with E-state index in [4.69, 9.17) is 9.47 Å². The first-order valence-electron chi connectivity index (χ1n) is 12.5. The van der Waals surface area contributed by atoms with Gasteiger partial charge in [0.1, 0.15) is 11.5 Å². The largest absolute Gasteiger partial charge is 0.493 e. The Bertz CT molecular complexity index is 1110. The van der Waals surface area contributed by atoms with Crippen molar-refractivity contribution in [3.05, 3.63) is 63.3 Å². The summed E-state index contributed by atoms with van der Waals surface area (Å²) in [6.45, 7) is 3.34. The third-order valence-electron chi connectivity index (χ3n) is 6.43. The molecule has 6 heteroatoms. The SMILES string of the molecule is CCCc1cc(CC2CCCCC2)ccc1OCCCOc1cccc(-c2sc(=O)[nH]c2O)c1. The van der Waals surface area contributed by atoms with Crippen molar-refractivity contribution in [3.8, 4) is 27.8 Å². The second-order valence-corrected chi connectivity index (χ2v) is 10.2. The second-order valence-electron chi connectivity index (χ2n) is 9.17. The highest BCUT2D eigenvalue weighted by Gasteiger charge is 2.15. The monoisotopic (exact) mass is 481 g/mol. The molecular weight excluding hydrogens is 446 g/mol. The molecule has 1 aliphatic carbocycles. The van der Waals surface area contributed by atoms with Crippen LogP contribution in [-0.2, 0) is 12.8 Å². The molecule has 0 atom stereocenters. The zero-order valence-electron chi connectivity index (χ0n) is 20.0.